The quantitative estimate of drug-likeness (QED) is 0.257. The lowest BCUT2D eigenvalue weighted by Gasteiger charge is -2.29. The number of benzene rings is 3. The number of nitrogens with zero attached hydrogens (tertiary/aromatic N) is 2. The van der Waals surface area contributed by atoms with E-state index in [0.717, 1.165) is 46.1 Å². The van der Waals surface area contributed by atoms with E-state index in [4.69, 9.17) is 26.1 Å². The van der Waals surface area contributed by atoms with Gasteiger partial charge in [-0.3, -0.25) is 4.79 Å². The van der Waals surface area contributed by atoms with Gasteiger partial charge in [-0.15, -0.1) is 11.3 Å². The number of hydrogen-bond donors (Lipinski definition) is 0. The van der Waals surface area contributed by atoms with Crippen molar-refractivity contribution in [2.75, 3.05) is 24.7 Å². The summed E-state index contributed by atoms with van der Waals surface area (Å²) in [6, 6.07) is 23.3. The first-order valence-electron chi connectivity index (χ1n) is 11.1. The van der Waals surface area contributed by atoms with Crippen molar-refractivity contribution in [3.8, 4) is 33.3 Å². The molecule has 0 atom stereocenters. The SMILES string of the molecule is O=C1COc2ccc(-c3csc(-c4ccccc4Cl)n3)cc2N1CCCCOc1ccccc1. The molecular formula is C27H23ClN2O3S. The van der Waals surface area contributed by atoms with E-state index < -0.39 is 0 Å². The molecule has 1 aliphatic rings. The molecule has 1 aromatic heterocycles. The summed E-state index contributed by atoms with van der Waals surface area (Å²) in [6.45, 7) is 1.28. The van der Waals surface area contributed by atoms with Gasteiger partial charge in [0.25, 0.3) is 5.91 Å². The highest BCUT2D eigenvalue weighted by atomic mass is 35.5. The molecule has 5 nitrogen and oxygen atoms in total. The summed E-state index contributed by atoms with van der Waals surface area (Å²) < 4.78 is 11.5. The van der Waals surface area contributed by atoms with Crippen LogP contribution in [-0.4, -0.2) is 30.6 Å². The van der Waals surface area contributed by atoms with Crippen LogP contribution in [0.15, 0.2) is 78.2 Å². The molecule has 3 aromatic carbocycles. The molecule has 34 heavy (non-hydrogen) atoms. The van der Waals surface area contributed by atoms with E-state index in [9.17, 15) is 4.79 Å². The van der Waals surface area contributed by atoms with Gasteiger partial charge in [0.1, 0.15) is 16.5 Å². The topological polar surface area (TPSA) is 51.7 Å². The number of thiazole rings is 1. The first kappa shape index (κ1) is 22.4. The fourth-order valence-corrected chi connectivity index (χ4v) is 5.00. The third kappa shape index (κ3) is 4.93. The summed E-state index contributed by atoms with van der Waals surface area (Å²) in [5, 5.41) is 3.55. The van der Waals surface area contributed by atoms with Crippen LogP contribution in [0.5, 0.6) is 11.5 Å². The largest absolute Gasteiger partial charge is 0.494 e. The Bertz CT molecular complexity index is 1290. The number of para-hydroxylation sites is 1. The van der Waals surface area contributed by atoms with E-state index in [0.29, 0.717) is 23.9 Å². The van der Waals surface area contributed by atoms with Gasteiger partial charge in [0, 0.05) is 23.1 Å². The summed E-state index contributed by atoms with van der Waals surface area (Å²) >= 11 is 7.89. The highest BCUT2D eigenvalue weighted by Gasteiger charge is 2.26. The molecule has 7 heteroatoms. The third-order valence-corrected chi connectivity index (χ3v) is 6.80. The molecule has 172 valence electrons. The van der Waals surface area contributed by atoms with Crippen molar-refractivity contribution in [3.63, 3.8) is 0 Å². The zero-order valence-corrected chi connectivity index (χ0v) is 20.0. The van der Waals surface area contributed by atoms with E-state index in [2.05, 4.69) is 0 Å². The molecule has 1 amide bonds. The number of carbonyl (C=O) groups is 1. The molecule has 0 bridgehead atoms. The third-order valence-electron chi connectivity index (χ3n) is 5.59. The fourth-order valence-electron chi connectivity index (χ4n) is 3.85. The van der Waals surface area contributed by atoms with E-state index in [1.54, 1.807) is 11.3 Å². The Morgan fingerprint density at radius 2 is 1.85 bits per heavy atom. The summed E-state index contributed by atoms with van der Waals surface area (Å²) in [5.41, 5.74) is 3.47. The van der Waals surface area contributed by atoms with Crippen molar-refractivity contribution in [2.24, 2.45) is 0 Å². The Balaban J connectivity index is 1.29. The van der Waals surface area contributed by atoms with Crippen LogP contribution < -0.4 is 14.4 Å². The van der Waals surface area contributed by atoms with Crippen molar-refractivity contribution in [2.45, 2.75) is 12.8 Å². The standard InChI is InChI=1S/C27H23ClN2O3S/c28-22-11-5-4-10-21(22)27-29-23(18-34-27)19-12-13-25-24(16-19)30(26(31)17-33-25)14-6-7-15-32-20-8-2-1-3-9-20/h1-5,8-13,16,18H,6-7,14-15,17H2. The summed E-state index contributed by atoms with van der Waals surface area (Å²) in [6.07, 6.45) is 1.68. The second kappa shape index (κ2) is 10.3. The van der Waals surface area contributed by atoms with Crippen molar-refractivity contribution < 1.29 is 14.3 Å². The van der Waals surface area contributed by atoms with E-state index in [-0.39, 0.29) is 12.5 Å². The Labute approximate surface area is 207 Å². The number of hydrogen-bond acceptors (Lipinski definition) is 5. The summed E-state index contributed by atoms with van der Waals surface area (Å²) in [5.74, 6) is 1.54. The Morgan fingerprint density at radius 1 is 1.03 bits per heavy atom. The molecule has 0 fully saturated rings. The molecule has 0 N–H and O–H groups in total. The molecule has 5 rings (SSSR count). The van der Waals surface area contributed by atoms with Crippen molar-refractivity contribution >= 4 is 34.5 Å². The van der Waals surface area contributed by atoms with Crippen LogP contribution in [0.25, 0.3) is 21.8 Å². The maximum atomic E-state index is 12.7. The molecule has 0 unspecified atom stereocenters. The predicted octanol–water partition coefficient (Wildman–Crippen LogP) is 6.72. The van der Waals surface area contributed by atoms with Crippen LogP contribution in [0, 0.1) is 0 Å². The highest BCUT2D eigenvalue weighted by molar-refractivity contribution is 7.13. The van der Waals surface area contributed by atoms with E-state index in [1.165, 1.54) is 0 Å². The fraction of sp³-hybridized carbons (Fsp3) is 0.185. The predicted molar refractivity (Wildman–Crippen MR) is 137 cm³/mol. The number of aromatic nitrogens is 1. The number of carbonyl (C=O) groups excluding carboxylic acids is 1. The molecule has 0 aliphatic carbocycles. The lowest BCUT2D eigenvalue weighted by Crippen LogP contribution is -2.39. The molecule has 0 saturated carbocycles. The lowest BCUT2D eigenvalue weighted by atomic mass is 10.1. The number of amides is 1. The Morgan fingerprint density at radius 3 is 2.71 bits per heavy atom. The van der Waals surface area contributed by atoms with Crippen LogP contribution in [-0.2, 0) is 4.79 Å². The number of ether oxygens (including phenoxy) is 2. The molecule has 2 heterocycles. The normalized spacial score (nSPS) is 12.9. The average molecular weight is 491 g/mol. The van der Waals surface area contributed by atoms with Crippen LogP contribution in [0.1, 0.15) is 12.8 Å². The maximum Gasteiger partial charge on any atom is 0.265 e. The second-order valence-electron chi connectivity index (χ2n) is 7.90. The van der Waals surface area contributed by atoms with Crippen LogP contribution in [0.3, 0.4) is 0 Å². The Kier molecular flexibility index (Phi) is 6.79. The minimum Gasteiger partial charge on any atom is -0.494 e. The lowest BCUT2D eigenvalue weighted by molar-refractivity contribution is -0.121. The van der Waals surface area contributed by atoms with Crippen LogP contribution in [0.4, 0.5) is 5.69 Å². The highest BCUT2D eigenvalue weighted by Crippen LogP contribution is 2.38. The maximum absolute atomic E-state index is 12.7. The number of unbranched alkanes of at least 4 members (excludes halogenated alkanes) is 1. The second-order valence-corrected chi connectivity index (χ2v) is 9.17. The molecule has 0 spiro atoms. The summed E-state index contributed by atoms with van der Waals surface area (Å²) in [7, 11) is 0. The number of anilines is 1. The zero-order chi connectivity index (χ0) is 23.3. The van der Waals surface area contributed by atoms with Gasteiger partial charge in [-0.05, 0) is 49.2 Å². The number of halogens is 1. The van der Waals surface area contributed by atoms with Gasteiger partial charge < -0.3 is 14.4 Å². The average Bonchev–Trinajstić information content (AvgIpc) is 3.36. The van der Waals surface area contributed by atoms with Crippen molar-refractivity contribution in [1.82, 2.24) is 4.98 Å². The molecular weight excluding hydrogens is 468 g/mol. The molecule has 4 aromatic rings. The van der Waals surface area contributed by atoms with E-state index in [1.807, 2.05) is 83.1 Å². The van der Waals surface area contributed by atoms with Gasteiger partial charge in [-0.1, -0.05) is 48.0 Å². The zero-order valence-electron chi connectivity index (χ0n) is 18.4. The van der Waals surface area contributed by atoms with Crippen LogP contribution in [0.2, 0.25) is 5.02 Å². The van der Waals surface area contributed by atoms with Gasteiger partial charge in [-0.2, -0.15) is 0 Å². The first-order chi connectivity index (χ1) is 16.7. The molecule has 1 aliphatic heterocycles. The van der Waals surface area contributed by atoms with Gasteiger partial charge in [0.15, 0.2) is 6.61 Å². The van der Waals surface area contributed by atoms with E-state index >= 15 is 0 Å². The monoisotopic (exact) mass is 490 g/mol. The molecule has 0 saturated heterocycles. The number of fused-ring (bicyclic) bond motifs is 1. The minimum atomic E-state index is -0.0383. The van der Waals surface area contributed by atoms with Crippen molar-refractivity contribution in [1.29, 1.82) is 0 Å². The smallest absolute Gasteiger partial charge is 0.265 e. The molecule has 0 radical (unpaired) electrons. The van der Waals surface area contributed by atoms with Gasteiger partial charge in [0.05, 0.1) is 23.0 Å². The van der Waals surface area contributed by atoms with Crippen molar-refractivity contribution in [3.05, 3.63) is 83.2 Å². The minimum absolute atomic E-state index is 0.0383. The Hall–Kier alpha value is -3.35. The van der Waals surface area contributed by atoms with Gasteiger partial charge in [0.2, 0.25) is 0 Å². The number of rotatable bonds is 8. The van der Waals surface area contributed by atoms with Gasteiger partial charge in [-0.25, -0.2) is 4.98 Å². The van der Waals surface area contributed by atoms with Crippen LogP contribution >= 0.6 is 22.9 Å². The van der Waals surface area contributed by atoms with Gasteiger partial charge >= 0.3 is 0 Å². The summed E-state index contributed by atoms with van der Waals surface area (Å²) in [4.78, 5) is 19.3. The first-order valence-corrected chi connectivity index (χ1v) is 12.4.